The highest BCUT2D eigenvalue weighted by Crippen LogP contribution is 2.33. The molecule has 2 rings (SSSR count). The SMILES string of the molecule is CC.CC(C)(C)c1cc2cnccc2s1. The van der Waals surface area contributed by atoms with Crippen molar-refractivity contribution in [2.24, 2.45) is 0 Å². The highest BCUT2D eigenvalue weighted by atomic mass is 32.1. The molecule has 0 atom stereocenters. The first-order chi connectivity index (χ1) is 7.07. The normalized spacial score (nSPS) is 11.0. The number of fused-ring (bicyclic) bond motifs is 1. The summed E-state index contributed by atoms with van der Waals surface area (Å²) in [6.07, 6.45) is 3.78. The number of rotatable bonds is 0. The molecule has 0 saturated carbocycles. The maximum Gasteiger partial charge on any atom is 0.0376 e. The van der Waals surface area contributed by atoms with E-state index in [0.717, 1.165) is 0 Å². The zero-order chi connectivity index (χ0) is 11.5. The predicted octanol–water partition coefficient (Wildman–Crippen LogP) is 4.62. The van der Waals surface area contributed by atoms with Crippen molar-refractivity contribution in [3.63, 3.8) is 0 Å². The molecule has 0 amide bonds. The lowest BCUT2D eigenvalue weighted by Crippen LogP contribution is -2.07. The predicted molar refractivity (Wildman–Crippen MR) is 69.7 cm³/mol. The minimum Gasteiger partial charge on any atom is -0.264 e. The van der Waals surface area contributed by atoms with Crippen molar-refractivity contribution in [2.75, 3.05) is 0 Å². The van der Waals surface area contributed by atoms with Crippen LogP contribution in [0, 0.1) is 0 Å². The molecule has 0 aliphatic rings. The molecule has 2 aromatic rings. The summed E-state index contributed by atoms with van der Waals surface area (Å²) in [5, 5.41) is 1.26. The third-order valence-electron chi connectivity index (χ3n) is 2.06. The molecule has 2 aromatic heterocycles. The van der Waals surface area contributed by atoms with E-state index in [1.165, 1.54) is 15.0 Å². The van der Waals surface area contributed by atoms with Crippen molar-refractivity contribution in [1.82, 2.24) is 4.98 Å². The zero-order valence-electron chi connectivity index (χ0n) is 10.2. The molecule has 0 aromatic carbocycles. The van der Waals surface area contributed by atoms with Gasteiger partial charge in [-0.15, -0.1) is 11.3 Å². The average Bonchev–Trinajstić information content (AvgIpc) is 2.63. The van der Waals surface area contributed by atoms with Crippen LogP contribution >= 0.6 is 11.3 Å². The maximum atomic E-state index is 4.11. The Morgan fingerprint density at radius 1 is 1.20 bits per heavy atom. The minimum atomic E-state index is 0.254. The summed E-state index contributed by atoms with van der Waals surface area (Å²) < 4.78 is 1.33. The summed E-state index contributed by atoms with van der Waals surface area (Å²) in [7, 11) is 0. The van der Waals surface area contributed by atoms with E-state index in [2.05, 4.69) is 37.9 Å². The molecule has 0 bridgehead atoms. The van der Waals surface area contributed by atoms with E-state index in [9.17, 15) is 0 Å². The lowest BCUT2D eigenvalue weighted by Gasteiger charge is -2.14. The standard InChI is InChI=1S/C11H13NS.C2H6/c1-11(2,3)10-6-8-7-12-5-4-9(8)13-10;1-2/h4-7H,1-3H3;1-2H3. The molecule has 2 heterocycles. The lowest BCUT2D eigenvalue weighted by atomic mass is 9.94. The quantitative estimate of drug-likeness (QED) is 0.632. The lowest BCUT2D eigenvalue weighted by molar-refractivity contribution is 0.604. The Bertz CT molecular complexity index is 390. The average molecular weight is 221 g/mol. The van der Waals surface area contributed by atoms with E-state index in [1.807, 2.05) is 37.6 Å². The van der Waals surface area contributed by atoms with Crippen molar-refractivity contribution in [3.05, 3.63) is 29.4 Å². The van der Waals surface area contributed by atoms with E-state index in [4.69, 9.17) is 0 Å². The summed E-state index contributed by atoms with van der Waals surface area (Å²) >= 11 is 1.86. The fourth-order valence-corrected chi connectivity index (χ4v) is 2.34. The van der Waals surface area contributed by atoms with Crippen LogP contribution in [0.4, 0.5) is 0 Å². The van der Waals surface area contributed by atoms with Gasteiger partial charge in [0.25, 0.3) is 0 Å². The van der Waals surface area contributed by atoms with Crippen LogP contribution in [0.2, 0.25) is 0 Å². The van der Waals surface area contributed by atoms with E-state index in [0.29, 0.717) is 0 Å². The molecule has 0 aliphatic heterocycles. The Kier molecular flexibility index (Phi) is 3.86. The van der Waals surface area contributed by atoms with Crippen molar-refractivity contribution >= 4 is 21.4 Å². The van der Waals surface area contributed by atoms with Gasteiger partial charge in [-0.05, 0) is 17.5 Å². The Balaban J connectivity index is 0.000000531. The minimum absolute atomic E-state index is 0.254. The Labute approximate surface area is 96.2 Å². The number of hydrogen-bond acceptors (Lipinski definition) is 2. The van der Waals surface area contributed by atoms with Crippen LogP contribution in [-0.4, -0.2) is 4.98 Å². The molecule has 0 aliphatic carbocycles. The molecule has 82 valence electrons. The first kappa shape index (κ1) is 12.2. The van der Waals surface area contributed by atoms with Gasteiger partial charge in [0.05, 0.1) is 0 Å². The van der Waals surface area contributed by atoms with Gasteiger partial charge < -0.3 is 0 Å². The summed E-state index contributed by atoms with van der Waals surface area (Å²) in [6, 6.07) is 4.32. The largest absolute Gasteiger partial charge is 0.264 e. The van der Waals surface area contributed by atoms with Gasteiger partial charge in [0.2, 0.25) is 0 Å². The van der Waals surface area contributed by atoms with Gasteiger partial charge in [0.1, 0.15) is 0 Å². The molecule has 0 spiro atoms. The Hall–Kier alpha value is -0.890. The van der Waals surface area contributed by atoms with Crippen molar-refractivity contribution in [1.29, 1.82) is 0 Å². The number of nitrogens with zero attached hydrogens (tertiary/aromatic N) is 1. The molecule has 0 saturated heterocycles. The highest BCUT2D eigenvalue weighted by molar-refractivity contribution is 7.19. The van der Waals surface area contributed by atoms with Gasteiger partial charge in [0, 0.05) is 27.4 Å². The molecular formula is C13H19NS. The number of aromatic nitrogens is 1. The van der Waals surface area contributed by atoms with Crippen molar-refractivity contribution in [2.45, 2.75) is 40.0 Å². The van der Waals surface area contributed by atoms with Crippen LogP contribution in [0.1, 0.15) is 39.5 Å². The second-order valence-corrected chi connectivity index (χ2v) is 5.36. The Morgan fingerprint density at radius 3 is 2.40 bits per heavy atom. The van der Waals surface area contributed by atoms with Crippen LogP contribution in [0.3, 0.4) is 0 Å². The van der Waals surface area contributed by atoms with E-state index in [-0.39, 0.29) is 5.41 Å². The first-order valence-electron chi connectivity index (χ1n) is 5.41. The monoisotopic (exact) mass is 221 g/mol. The molecule has 0 N–H and O–H groups in total. The first-order valence-corrected chi connectivity index (χ1v) is 6.23. The Morgan fingerprint density at radius 2 is 1.87 bits per heavy atom. The van der Waals surface area contributed by atoms with E-state index >= 15 is 0 Å². The summed E-state index contributed by atoms with van der Waals surface area (Å²) in [4.78, 5) is 5.54. The van der Waals surface area contributed by atoms with Crippen LogP contribution in [0.25, 0.3) is 10.1 Å². The number of hydrogen-bond donors (Lipinski definition) is 0. The van der Waals surface area contributed by atoms with Crippen LogP contribution in [0.15, 0.2) is 24.5 Å². The smallest absolute Gasteiger partial charge is 0.0376 e. The van der Waals surface area contributed by atoms with Gasteiger partial charge in [-0.2, -0.15) is 0 Å². The number of thiophene rings is 1. The van der Waals surface area contributed by atoms with Crippen LogP contribution in [0.5, 0.6) is 0 Å². The van der Waals surface area contributed by atoms with Gasteiger partial charge >= 0.3 is 0 Å². The van der Waals surface area contributed by atoms with E-state index in [1.54, 1.807) is 0 Å². The highest BCUT2D eigenvalue weighted by Gasteiger charge is 2.16. The fraction of sp³-hybridized carbons (Fsp3) is 0.462. The topological polar surface area (TPSA) is 12.9 Å². The molecule has 15 heavy (non-hydrogen) atoms. The molecule has 0 fully saturated rings. The molecular weight excluding hydrogens is 202 g/mol. The van der Waals surface area contributed by atoms with Crippen LogP contribution < -0.4 is 0 Å². The van der Waals surface area contributed by atoms with Crippen molar-refractivity contribution < 1.29 is 0 Å². The molecule has 1 nitrogen and oxygen atoms in total. The number of pyridine rings is 1. The molecule has 0 unspecified atom stereocenters. The van der Waals surface area contributed by atoms with Gasteiger partial charge in [-0.3, -0.25) is 4.98 Å². The second-order valence-electron chi connectivity index (χ2n) is 4.27. The van der Waals surface area contributed by atoms with E-state index < -0.39 is 0 Å². The van der Waals surface area contributed by atoms with Gasteiger partial charge in [0.15, 0.2) is 0 Å². The third kappa shape index (κ3) is 2.78. The summed E-state index contributed by atoms with van der Waals surface area (Å²) in [5.74, 6) is 0. The molecule has 0 radical (unpaired) electrons. The third-order valence-corrected chi connectivity index (χ3v) is 3.60. The summed E-state index contributed by atoms with van der Waals surface area (Å²) in [6.45, 7) is 10.7. The fourth-order valence-electron chi connectivity index (χ4n) is 1.25. The van der Waals surface area contributed by atoms with Crippen molar-refractivity contribution in [3.8, 4) is 0 Å². The maximum absolute atomic E-state index is 4.11. The molecule has 2 heteroatoms. The zero-order valence-corrected chi connectivity index (χ0v) is 11.0. The van der Waals surface area contributed by atoms with Gasteiger partial charge in [-0.1, -0.05) is 34.6 Å². The summed E-state index contributed by atoms with van der Waals surface area (Å²) in [5.41, 5.74) is 0.254. The van der Waals surface area contributed by atoms with Crippen LogP contribution in [-0.2, 0) is 5.41 Å². The second kappa shape index (κ2) is 4.75. The van der Waals surface area contributed by atoms with Gasteiger partial charge in [-0.25, -0.2) is 0 Å².